The van der Waals surface area contributed by atoms with Crippen molar-refractivity contribution >= 4 is 5.91 Å². The molecule has 1 aromatic rings. The third-order valence-electron chi connectivity index (χ3n) is 4.28. The van der Waals surface area contributed by atoms with Gasteiger partial charge in [-0.25, -0.2) is 0 Å². The number of allylic oxidation sites excluding steroid dienone is 1. The summed E-state index contributed by atoms with van der Waals surface area (Å²) in [5.41, 5.74) is 6.82. The summed E-state index contributed by atoms with van der Waals surface area (Å²) in [6, 6.07) is 5.84. The molecule has 0 saturated heterocycles. The van der Waals surface area contributed by atoms with Crippen molar-refractivity contribution in [2.24, 2.45) is 11.7 Å². The molecule has 2 rings (SSSR count). The van der Waals surface area contributed by atoms with Gasteiger partial charge in [0.25, 0.3) is 5.91 Å². The van der Waals surface area contributed by atoms with Crippen LogP contribution >= 0.6 is 0 Å². The molecular weight excluding hydrogens is 292 g/mol. The highest BCUT2D eigenvalue weighted by Gasteiger charge is 2.27. The number of amides is 1. The maximum atomic E-state index is 12.1. The lowest BCUT2D eigenvalue weighted by molar-refractivity contribution is -0.124. The van der Waals surface area contributed by atoms with Gasteiger partial charge >= 0.3 is 0 Å². The van der Waals surface area contributed by atoms with Gasteiger partial charge in [0.1, 0.15) is 0 Å². The fraction of sp³-hybridized carbons (Fsp3) is 0.500. The van der Waals surface area contributed by atoms with Gasteiger partial charge in [-0.1, -0.05) is 18.6 Å². The summed E-state index contributed by atoms with van der Waals surface area (Å²) in [4.78, 5) is 12.1. The summed E-state index contributed by atoms with van der Waals surface area (Å²) < 4.78 is 10.9. The number of nitrogens with two attached hydrogens (primary N) is 1. The van der Waals surface area contributed by atoms with E-state index in [4.69, 9.17) is 15.2 Å². The molecule has 0 radical (unpaired) electrons. The van der Waals surface area contributed by atoms with Crippen LogP contribution in [-0.2, 0) is 11.2 Å². The number of ether oxygens (including phenoxy) is 2. The molecule has 0 spiro atoms. The Balaban J connectivity index is 1.89. The van der Waals surface area contributed by atoms with Crippen molar-refractivity contribution in [3.8, 4) is 11.5 Å². The molecule has 1 aromatic carbocycles. The molecule has 3 N–H and O–H groups in total. The Hall–Kier alpha value is -2.01. The van der Waals surface area contributed by atoms with E-state index in [0.717, 1.165) is 31.2 Å². The lowest BCUT2D eigenvalue weighted by Crippen LogP contribution is -2.42. The fourth-order valence-corrected chi connectivity index (χ4v) is 3.03. The minimum Gasteiger partial charge on any atom is -0.493 e. The molecule has 1 saturated carbocycles. The molecule has 1 aliphatic rings. The molecule has 5 heteroatoms. The van der Waals surface area contributed by atoms with E-state index in [1.807, 2.05) is 24.3 Å². The second-order valence-electron chi connectivity index (χ2n) is 5.87. The number of methoxy groups -OCH3 is 1. The number of carbonyl (C=O) groups is 1. The van der Waals surface area contributed by atoms with E-state index in [2.05, 4.69) is 11.9 Å². The van der Waals surface area contributed by atoms with E-state index >= 15 is 0 Å². The summed E-state index contributed by atoms with van der Waals surface area (Å²) in [6.07, 6.45) is 5.79. The van der Waals surface area contributed by atoms with E-state index in [1.165, 1.54) is 0 Å². The molecule has 0 bridgehead atoms. The molecular formula is C18H26N2O3. The minimum atomic E-state index is -0.118. The maximum Gasteiger partial charge on any atom is 0.258 e. The van der Waals surface area contributed by atoms with E-state index in [0.29, 0.717) is 24.0 Å². The molecule has 0 aliphatic heterocycles. The molecule has 0 aromatic heterocycles. The van der Waals surface area contributed by atoms with Gasteiger partial charge in [-0.3, -0.25) is 4.79 Å². The third-order valence-corrected chi connectivity index (χ3v) is 4.28. The standard InChI is InChI=1S/C18H26N2O3/c1-3-5-13-8-9-16(17(10-13)22-2)23-12-18(21)20-15-7-4-6-14(15)11-19/h3,8-10,14-15H,1,4-7,11-12,19H2,2H3,(H,20,21). The minimum absolute atomic E-state index is 0.0229. The first-order valence-corrected chi connectivity index (χ1v) is 8.08. The van der Waals surface area contributed by atoms with Crippen molar-refractivity contribution in [1.29, 1.82) is 0 Å². The molecule has 2 atom stereocenters. The summed E-state index contributed by atoms with van der Waals surface area (Å²) >= 11 is 0. The predicted molar refractivity (Wildman–Crippen MR) is 90.7 cm³/mol. The third kappa shape index (κ3) is 4.73. The summed E-state index contributed by atoms with van der Waals surface area (Å²) in [7, 11) is 1.59. The van der Waals surface area contributed by atoms with E-state index in [9.17, 15) is 4.79 Å². The Morgan fingerprint density at radius 3 is 2.96 bits per heavy atom. The predicted octanol–water partition coefficient (Wildman–Crippen LogP) is 2.05. The van der Waals surface area contributed by atoms with Crippen LogP contribution in [0, 0.1) is 5.92 Å². The molecule has 23 heavy (non-hydrogen) atoms. The molecule has 126 valence electrons. The average Bonchev–Trinajstić information content (AvgIpc) is 3.00. The molecule has 1 aliphatic carbocycles. The number of carbonyl (C=O) groups excluding carboxylic acids is 1. The molecule has 5 nitrogen and oxygen atoms in total. The number of hydrogen-bond donors (Lipinski definition) is 2. The van der Waals surface area contributed by atoms with Crippen molar-refractivity contribution in [1.82, 2.24) is 5.32 Å². The lowest BCUT2D eigenvalue weighted by atomic mass is 10.0. The molecule has 2 unspecified atom stereocenters. The number of nitrogens with one attached hydrogen (secondary N) is 1. The first kappa shape index (κ1) is 17.3. The van der Waals surface area contributed by atoms with Gasteiger partial charge in [-0.15, -0.1) is 6.58 Å². The van der Waals surface area contributed by atoms with Crippen LogP contribution in [0.2, 0.25) is 0 Å². The van der Waals surface area contributed by atoms with E-state index in [1.54, 1.807) is 7.11 Å². The zero-order chi connectivity index (χ0) is 16.7. The van der Waals surface area contributed by atoms with Gasteiger partial charge in [-0.05, 0) is 49.4 Å². The molecule has 1 fully saturated rings. The summed E-state index contributed by atoms with van der Waals surface area (Å²) in [6.45, 7) is 4.31. The van der Waals surface area contributed by atoms with E-state index in [-0.39, 0.29) is 18.6 Å². The first-order chi connectivity index (χ1) is 11.2. The normalized spacial score (nSPS) is 20.1. The quantitative estimate of drug-likeness (QED) is 0.720. The summed E-state index contributed by atoms with van der Waals surface area (Å²) in [5.74, 6) is 1.45. The number of benzene rings is 1. The van der Waals surface area contributed by atoms with Gasteiger partial charge < -0.3 is 20.5 Å². The highest BCUT2D eigenvalue weighted by molar-refractivity contribution is 5.78. The van der Waals surface area contributed by atoms with Gasteiger partial charge in [0.2, 0.25) is 0 Å². The zero-order valence-corrected chi connectivity index (χ0v) is 13.7. The van der Waals surface area contributed by atoms with Crippen molar-refractivity contribution in [3.63, 3.8) is 0 Å². The fourth-order valence-electron chi connectivity index (χ4n) is 3.03. The molecule has 1 amide bonds. The lowest BCUT2D eigenvalue weighted by Gasteiger charge is -2.19. The van der Waals surface area contributed by atoms with E-state index < -0.39 is 0 Å². The van der Waals surface area contributed by atoms with Crippen LogP contribution in [0.1, 0.15) is 24.8 Å². The monoisotopic (exact) mass is 318 g/mol. The largest absolute Gasteiger partial charge is 0.493 e. The van der Waals surface area contributed by atoms with Crippen LogP contribution in [-0.4, -0.2) is 32.2 Å². The Kier molecular flexibility index (Phi) is 6.47. The van der Waals surface area contributed by atoms with Crippen LogP contribution in [0.25, 0.3) is 0 Å². The van der Waals surface area contributed by atoms with Gasteiger partial charge in [0.05, 0.1) is 7.11 Å². The Morgan fingerprint density at radius 2 is 2.26 bits per heavy atom. The van der Waals surface area contributed by atoms with Crippen molar-refractivity contribution in [3.05, 3.63) is 36.4 Å². The number of hydrogen-bond acceptors (Lipinski definition) is 4. The van der Waals surface area contributed by atoms with Crippen molar-refractivity contribution < 1.29 is 14.3 Å². The second kappa shape index (κ2) is 8.58. The van der Waals surface area contributed by atoms with Crippen LogP contribution in [0.15, 0.2) is 30.9 Å². The average molecular weight is 318 g/mol. The van der Waals surface area contributed by atoms with Crippen LogP contribution < -0.4 is 20.5 Å². The SMILES string of the molecule is C=CCc1ccc(OCC(=O)NC2CCCC2CN)c(OC)c1. The highest BCUT2D eigenvalue weighted by atomic mass is 16.5. The van der Waals surface area contributed by atoms with Gasteiger partial charge in [-0.2, -0.15) is 0 Å². The molecule has 0 heterocycles. The maximum absolute atomic E-state index is 12.1. The summed E-state index contributed by atoms with van der Waals surface area (Å²) in [5, 5.41) is 3.02. The topological polar surface area (TPSA) is 73.6 Å². The second-order valence-corrected chi connectivity index (χ2v) is 5.87. The zero-order valence-electron chi connectivity index (χ0n) is 13.7. The van der Waals surface area contributed by atoms with Gasteiger partial charge in [0.15, 0.2) is 18.1 Å². The smallest absolute Gasteiger partial charge is 0.258 e. The highest BCUT2D eigenvalue weighted by Crippen LogP contribution is 2.28. The first-order valence-electron chi connectivity index (χ1n) is 8.08. The Bertz CT molecular complexity index is 545. The van der Waals surface area contributed by atoms with Crippen LogP contribution in [0.3, 0.4) is 0 Å². The van der Waals surface area contributed by atoms with Gasteiger partial charge in [0, 0.05) is 6.04 Å². The Morgan fingerprint density at radius 1 is 1.43 bits per heavy atom. The van der Waals surface area contributed by atoms with Crippen LogP contribution in [0.4, 0.5) is 0 Å². The number of rotatable bonds is 8. The van der Waals surface area contributed by atoms with Crippen molar-refractivity contribution in [2.45, 2.75) is 31.7 Å². The van der Waals surface area contributed by atoms with Crippen molar-refractivity contribution in [2.75, 3.05) is 20.3 Å². The Labute approximate surface area is 137 Å². The van der Waals surface area contributed by atoms with Crippen LogP contribution in [0.5, 0.6) is 11.5 Å².